The Bertz CT molecular complexity index is 945. The summed E-state index contributed by atoms with van der Waals surface area (Å²) < 4.78 is 26.2. The zero-order chi connectivity index (χ0) is 21.8. The minimum Gasteiger partial charge on any atom is -0.491 e. The number of rotatable bonds is 6. The van der Waals surface area contributed by atoms with E-state index in [4.69, 9.17) is 14.7 Å². The van der Waals surface area contributed by atoms with Crippen LogP contribution < -0.4 is 4.74 Å². The van der Waals surface area contributed by atoms with E-state index in [-0.39, 0.29) is 30.5 Å². The van der Waals surface area contributed by atoms with E-state index in [0.29, 0.717) is 24.6 Å². The molecule has 1 amide bonds. The third kappa shape index (κ3) is 5.24. The van der Waals surface area contributed by atoms with Gasteiger partial charge in [-0.1, -0.05) is 0 Å². The molecule has 0 unspecified atom stereocenters. The molecule has 8 heteroatoms. The molecule has 2 aliphatic rings. The Kier molecular flexibility index (Phi) is 6.54. The van der Waals surface area contributed by atoms with E-state index >= 15 is 0 Å². The lowest BCUT2D eigenvalue weighted by atomic mass is 10.0. The number of halogens is 1. The first kappa shape index (κ1) is 21.3. The van der Waals surface area contributed by atoms with Crippen LogP contribution in [0.1, 0.15) is 24.1 Å². The van der Waals surface area contributed by atoms with Crippen LogP contribution in [0.5, 0.6) is 5.75 Å². The third-order valence-corrected chi connectivity index (χ3v) is 5.99. The van der Waals surface area contributed by atoms with Gasteiger partial charge >= 0.3 is 0 Å². The molecule has 2 aromatic rings. The molecule has 1 aromatic carbocycles. The Morgan fingerprint density at radius 1 is 1.26 bits per heavy atom. The molecule has 1 atom stereocenters. The summed E-state index contributed by atoms with van der Waals surface area (Å²) >= 11 is 0. The highest BCUT2D eigenvalue weighted by atomic mass is 19.1. The number of likely N-dealkylation sites (tertiary alicyclic amines) is 1. The smallest absolute Gasteiger partial charge is 0.248 e. The van der Waals surface area contributed by atoms with Crippen molar-refractivity contribution in [3.8, 4) is 11.8 Å². The summed E-state index contributed by atoms with van der Waals surface area (Å²) in [7, 11) is 1.88. The number of hydrogen-bond acceptors (Lipinski definition) is 5. The van der Waals surface area contributed by atoms with E-state index in [9.17, 15) is 9.18 Å². The Morgan fingerprint density at radius 2 is 2.00 bits per heavy atom. The van der Waals surface area contributed by atoms with Crippen LogP contribution in [0.2, 0.25) is 0 Å². The molecule has 0 aliphatic carbocycles. The molecule has 31 heavy (non-hydrogen) atoms. The molecule has 0 radical (unpaired) electrons. The highest BCUT2D eigenvalue weighted by Crippen LogP contribution is 2.22. The van der Waals surface area contributed by atoms with Gasteiger partial charge in [0, 0.05) is 38.9 Å². The zero-order valence-corrected chi connectivity index (χ0v) is 17.7. The van der Waals surface area contributed by atoms with Gasteiger partial charge in [0.1, 0.15) is 42.6 Å². The number of aromatic nitrogens is 1. The third-order valence-electron chi connectivity index (χ3n) is 5.99. The minimum absolute atomic E-state index is 0.0261. The van der Waals surface area contributed by atoms with Crippen LogP contribution >= 0.6 is 0 Å². The van der Waals surface area contributed by atoms with Crippen molar-refractivity contribution in [2.75, 3.05) is 32.8 Å². The number of hydrogen-bond donors (Lipinski definition) is 0. The number of benzene rings is 1. The van der Waals surface area contributed by atoms with Gasteiger partial charge in [0.25, 0.3) is 0 Å². The molecular weight excluding hydrogens is 399 g/mol. The number of nitrogens with zero attached hydrogens (tertiary/aromatic N) is 4. The number of ether oxygens (including phenoxy) is 2. The Balaban J connectivity index is 1.27. The molecule has 0 saturated carbocycles. The van der Waals surface area contributed by atoms with Crippen molar-refractivity contribution in [1.29, 1.82) is 5.26 Å². The molecule has 0 bridgehead atoms. The van der Waals surface area contributed by atoms with E-state index < -0.39 is 0 Å². The molecule has 2 fully saturated rings. The Hall–Kier alpha value is -2.89. The van der Waals surface area contributed by atoms with Gasteiger partial charge in [-0.2, -0.15) is 5.26 Å². The normalized spacial score (nSPS) is 20.6. The van der Waals surface area contributed by atoms with Crippen molar-refractivity contribution in [3.05, 3.63) is 53.6 Å². The second-order valence-electron chi connectivity index (χ2n) is 8.21. The first-order valence-electron chi connectivity index (χ1n) is 10.6. The number of carbonyl (C=O) groups excluding carboxylic acids is 1. The van der Waals surface area contributed by atoms with Crippen molar-refractivity contribution < 1.29 is 18.7 Å². The summed E-state index contributed by atoms with van der Waals surface area (Å²) in [6.07, 6.45) is 3.63. The van der Waals surface area contributed by atoms with Gasteiger partial charge in [-0.25, -0.2) is 4.39 Å². The Morgan fingerprint density at radius 3 is 2.68 bits per heavy atom. The molecule has 2 aliphatic heterocycles. The van der Waals surface area contributed by atoms with E-state index in [0.717, 1.165) is 38.0 Å². The van der Waals surface area contributed by atoms with Gasteiger partial charge in [0.05, 0.1) is 6.54 Å². The number of aryl methyl sites for hydroxylation is 1. The number of carbonyl (C=O) groups is 1. The first-order valence-corrected chi connectivity index (χ1v) is 10.6. The maximum Gasteiger partial charge on any atom is 0.248 e. The maximum atomic E-state index is 13.0. The summed E-state index contributed by atoms with van der Waals surface area (Å²) in [5.74, 6) is 0.308. The second kappa shape index (κ2) is 9.50. The lowest BCUT2D eigenvalue weighted by Gasteiger charge is -2.42. The lowest BCUT2D eigenvalue weighted by Crippen LogP contribution is -2.55. The van der Waals surface area contributed by atoms with E-state index in [1.165, 1.54) is 12.1 Å². The average molecular weight is 426 g/mol. The van der Waals surface area contributed by atoms with Gasteiger partial charge in [0.15, 0.2) is 0 Å². The predicted molar refractivity (Wildman–Crippen MR) is 112 cm³/mol. The fraction of sp³-hybridized carbons (Fsp3) is 0.478. The minimum atomic E-state index is -0.304. The largest absolute Gasteiger partial charge is 0.491 e. The SMILES string of the molecule is Cn1cc(CN2CCC(N3C[C@H](COc4ccc(F)cc4)OCC3=O)CC2)cc1C#N. The van der Waals surface area contributed by atoms with Crippen LogP contribution in [0.4, 0.5) is 4.39 Å². The van der Waals surface area contributed by atoms with Gasteiger partial charge in [-0.05, 0) is 48.7 Å². The molecule has 0 spiro atoms. The maximum absolute atomic E-state index is 13.0. The molecule has 3 heterocycles. The fourth-order valence-corrected chi connectivity index (χ4v) is 4.30. The standard InChI is InChI=1S/C23H27FN4O3/c1-26-12-17(10-20(26)11-25)13-27-8-6-19(7-9-27)28-14-22(31-16-23(28)29)15-30-21-4-2-18(24)3-5-21/h2-5,10,12,19,22H,6-9,13-16H2,1H3/t22-/m1/s1. The van der Waals surface area contributed by atoms with Gasteiger partial charge in [-0.3, -0.25) is 9.69 Å². The number of piperidine rings is 1. The predicted octanol–water partition coefficient (Wildman–Crippen LogP) is 2.31. The number of morpholine rings is 1. The monoisotopic (exact) mass is 426 g/mol. The van der Waals surface area contributed by atoms with Gasteiger partial charge in [-0.15, -0.1) is 0 Å². The van der Waals surface area contributed by atoms with E-state index in [1.54, 1.807) is 12.1 Å². The fourth-order valence-electron chi connectivity index (χ4n) is 4.30. The quantitative estimate of drug-likeness (QED) is 0.709. The van der Waals surface area contributed by atoms with Crippen molar-refractivity contribution in [3.63, 3.8) is 0 Å². The number of amides is 1. The van der Waals surface area contributed by atoms with Crippen molar-refractivity contribution in [2.45, 2.75) is 31.5 Å². The molecule has 164 valence electrons. The first-order chi connectivity index (χ1) is 15.0. The van der Waals surface area contributed by atoms with Crippen LogP contribution in [0.15, 0.2) is 36.5 Å². The van der Waals surface area contributed by atoms with Crippen LogP contribution in [-0.4, -0.2) is 65.3 Å². The molecular formula is C23H27FN4O3. The van der Waals surface area contributed by atoms with Crippen molar-refractivity contribution in [1.82, 2.24) is 14.4 Å². The highest BCUT2D eigenvalue weighted by Gasteiger charge is 2.33. The topological polar surface area (TPSA) is 70.7 Å². The van der Waals surface area contributed by atoms with E-state index in [1.807, 2.05) is 28.8 Å². The second-order valence-corrected chi connectivity index (χ2v) is 8.21. The summed E-state index contributed by atoms with van der Waals surface area (Å²) in [6.45, 7) is 3.52. The lowest BCUT2D eigenvalue weighted by molar-refractivity contribution is -0.155. The van der Waals surface area contributed by atoms with Gasteiger partial charge < -0.3 is 18.9 Å². The van der Waals surface area contributed by atoms with E-state index in [2.05, 4.69) is 11.0 Å². The molecule has 4 rings (SSSR count). The molecule has 0 N–H and O–H groups in total. The van der Waals surface area contributed by atoms with Crippen LogP contribution in [-0.2, 0) is 23.1 Å². The Labute approximate surface area is 181 Å². The van der Waals surface area contributed by atoms with Gasteiger partial charge in [0.2, 0.25) is 5.91 Å². The summed E-state index contributed by atoms with van der Waals surface area (Å²) in [5, 5.41) is 9.12. The zero-order valence-electron chi connectivity index (χ0n) is 17.7. The van der Waals surface area contributed by atoms with Crippen LogP contribution in [0.3, 0.4) is 0 Å². The highest BCUT2D eigenvalue weighted by molar-refractivity contribution is 5.78. The van der Waals surface area contributed by atoms with Crippen molar-refractivity contribution >= 4 is 5.91 Å². The van der Waals surface area contributed by atoms with Crippen molar-refractivity contribution in [2.24, 2.45) is 7.05 Å². The molecule has 2 saturated heterocycles. The summed E-state index contributed by atoms with van der Waals surface area (Å²) in [5.41, 5.74) is 1.80. The molecule has 7 nitrogen and oxygen atoms in total. The van der Waals surface area contributed by atoms with Crippen LogP contribution in [0, 0.1) is 17.1 Å². The number of nitriles is 1. The molecule has 1 aromatic heterocycles. The summed E-state index contributed by atoms with van der Waals surface area (Å²) in [6, 6.07) is 10.2. The van der Waals surface area contributed by atoms with Crippen LogP contribution in [0.25, 0.3) is 0 Å². The average Bonchev–Trinajstić information content (AvgIpc) is 3.14. The summed E-state index contributed by atoms with van der Waals surface area (Å²) in [4.78, 5) is 16.8.